The molecule has 2 aliphatic rings. The van der Waals surface area contributed by atoms with E-state index >= 15 is 0 Å². The normalized spacial score (nSPS) is 25.2. The summed E-state index contributed by atoms with van der Waals surface area (Å²) in [5.41, 5.74) is 0.891. The van der Waals surface area contributed by atoms with Crippen molar-refractivity contribution in [3.8, 4) is 0 Å². The van der Waals surface area contributed by atoms with E-state index in [1.165, 1.54) is 76.3 Å². The first-order valence-electron chi connectivity index (χ1n) is 14.9. The Balaban J connectivity index is 2.03. The average Bonchev–Trinajstić information content (AvgIpc) is 2.83. The molecule has 0 heterocycles. The number of rotatable bonds is 17. The van der Waals surface area contributed by atoms with E-state index in [0.717, 1.165) is 62.9 Å². The first kappa shape index (κ1) is 30.8. The Morgan fingerprint density at radius 3 is 1.65 bits per heavy atom. The van der Waals surface area contributed by atoms with Gasteiger partial charge in [-0.2, -0.15) is 0 Å². The highest BCUT2D eigenvalue weighted by Crippen LogP contribution is 2.69. The van der Waals surface area contributed by atoms with Crippen molar-refractivity contribution in [3.63, 3.8) is 0 Å². The molecule has 0 aromatic heterocycles. The molecular weight excluding hydrogens is 462 g/mol. The van der Waals surface area contributed by atoms with Crippen molar-refractivity contribution in [3.05, 3.63) is 0 Å². The SMILES string of the molecule is CCCC[P+](CCCC)(CCCC)C(CCC)C1CCC(OP(=O)(O)OC2CCCCC2)CC1. The highest BCUT2D eigenvalue weighted by Gasteiger charge is 2.48. The van der Waals surface area contributed by atoms with Crippen LogP contribution >= 0.6 is 15.1 Å². The summed E-state index contributed by atoms with van der Waals surface area (Å²) >= 11 is 0. The molecule has 0 bridgehead atoms. The van der Waals surface area contributed by atoms with E-state index in [9.17, 15) is 9.46 Å². The van der Waals surface area contributed by atoms with Gasteiger partial charge < -0.3 is 4.89 Å². The minimum Gasteiger partial charge on any atom is -0.302 e. The second-order valence-corrected chi connectivity index (χ2v) is 17.1. The summed E-state index contributed by atoms with van der Waals surface area (Å²) in [4.78, 5) is 10.4. The molecule has 0 aliphatic heterocycles. The summed E-state index contributed by atoms with van der Waals surface area (Å²) in [5.74, 6) is 0.774. The molecule has 0 amide bonds. The number of hydrogen-bond donors (Lipinski definition) is 1. The van der Waals surface area contributed by atoms with Crippen LogP contribution in [-0.2, 0) is 13.6 Å². The largest absolute Gasteiger partial charge is 0.472 e. The van der Waals surface area contributed by atoms with Crippen LogP contribution in [0.2, 0.25) is 0 Å². The van der Waals surface area contributed by atoms with Crippen LogP contribution in [0.1, 0.15) is 137 Å². The highest BCUT2D eigenvalue weighted by atomic mass is 31.2. The first-order chi connectivity index (χ1) is 16.4. The lowest BCUT2D eigenvalue weighted by molar-refractivity contribution is 0.0411. The van der Waals surface area contributed by atoms with Gasteiger partial charge in [-0.25, -0.2) is 4.57 Å². The van der Waals surface area contributed by atoms with Gasteiger partial charge in [0.15, 0.2) is 0 Å². The Hall–Kier alpha value is 0.540. The van der Waals surface area contributed by atoms with E-state index in [0.29, 0.717) is 0 Å². The maximum absolute atomic E-state index is 12.7. The van der Waals surface area contributed by atoms with Gasteiger partial charge in [-0.1, -0.05) is 72.6 Å². The molecule has 2 saturated carbocycles. The lowest BCUT2D eigenvalue weighted by Crippen LogP contribution is -2.34. The second kappa shape index (κ2) is 16.4. The Labute approximate surface area is 212 Å². The standard InChI is InChI=1S/C28H56O4P2/c1-5-9-22-33(23-10-6-2,24-11-7-3)28(15-8-4)25-18-20-27(21-19-25)32-34(29,30)31-26-16-13-12-14-17-26/h25-28H,5-24H2,1-4H3/p+1. The van der Waals surface area contributed by atoms with Crippen molar-refractivity contribution in [1.29, 1.82) is 0 Å². The van der Waals surface area contributed by atoms with Crippen molar-refractivity contribution in [2.24, 2.45) is 5.92 Å². The van der Waals surface area contributed by atoms with Crippen molar-refractivity contribution in [2.75, 3.05) is 18.5 Å². The van der Waals surface area contributed by atoms with Crippen LogP contribution in [0.15, 0.2) is 0 Å². The van der Waals surface area contributed by atoms with Gasteiger partial charge in [-0.05, 0) is 70.1 Å². The monoisotopic (exact) mass is 519 g/mol. The van der Waals surface area contributed by atoms with Crippen molar-refractivity contribution in [2.45, 2.75) is 155 Å². The van der Waals surface area contributed by atoms with Crippen LogP contribution in [0.25, 0.3) is 0 Å². The fourth-order valence-electron chi connectivity index (χ4n) is 6.66. The summed E-state index contributed by atoms with van der Waals surface area (Å²) in [6.07, 6.45) is 24.4. The molecule has 2 atom stereocenters. The molecule has 0 aromatic rings. The van der Waals surface area contributed by atoms with Gasteiger partial charge in [0.2, 0.25) is 0 Å². The fraction of sp³-hybridized carbons (Fsp3) is 1.00. The number of phosphoric ester groups is 1. The van der Waals surface area contributed by atoms with E-state index in [1.54, 1.807) is 0 Å². The molecule has 34 heavy (non-hydrogen) atoms. The van der Waals surface area contributed by atoms with Crippen molar-refractivity contribution in [1.82, 2.24) is 0 Å². The van der Waals surface area contributed by atoms with Crippen molar-refractivity contribution < 1.29 is 18.5 Å². The highest BCUT2D eigenvalue weighted by molar-refractivity contribution is 7.76. The molecule has 0 radical (unpaired) electrons. The van der Waals surface area contributed by atoms with E-state index in [4.69, 9.17) is 9.05 Å². The molecule has 1 N–H and O–H groups in total. The summed E-state index contributed by atoms with van der Waals surface area (Å²) in [6, 6.07) is 0. The van der Waals surface area contributed by atoms with Crippen LogP contribution in [0.3, 0.4) is 0 Å². The first-order valence-corrected chi connectivity index (χ1v) is 18.9. The molecule has 2 rings (SSSR count). The topological polar surface area (TPSA) is 55.8 Å². The summed E-state index contributed by atoms with van der Waals surface area (Å²) < 4.78 is 24.0. The molecule has 0 aromatic carbocycles. The third kappa shape index (κ3) is 10.1. The van der Waals surface area contributed by atoms with Crippen LogP contribution in [0.5, 0.6) is 0 Å². The zero-order valence-corrected chi connectivity index (χ0v) is 24.8. The van der Waals surface area contributed by atoms with Crippen LogP contribution in [0, 0.1) is 5.92 Å². The number of phosphoric acid groups is 1. The average molecular weight is 520 g/mol. The quantitative estimate of drug-likeness (QED) is 0.194. The Bertz CT molecular complexity index is 549. The van der Waals surface area contributed by atoms with Gasteiger partial charge in [-0.15, -0.1) is 0 Å². The number of unbranched alkanes of at least 4 members (excludes halogenated alkanes) is 3. The van der Waals surface area contributed by atoms with Gasteiger partial charge >= 0.3 is 7.82 Å². The van der Waals surface area contributed by atoms with Crippen LogP contribution in [-0.4, -0.2) is 41.2 Å². The predicted octanol–water partition coefficient (Wildman–Crippen LogP) is 9.60. The summed E-state index contributed by atoms with van der Waals surface area (Å²) in [6.45, 7) is 9.44. The Kier molecular flexibility index (Phi) is 14.8. The molecule has 0 spiro atoms. The van der Waals surface area contributed by atoms with Gasteiger partial charge in [-0.3, -0.25) is 9.05 Å². The molecule has 2 fully saturated rings. The van der Waals surface area contributed by atoms with Crippen molar-refractivity contribution >= 4 is 15.1 Å². The molecule has 202 valence electrons. The third-order valence-corrected chi connectivity index (χ3v) is 15.4. The van der Waals surface area contributed by atoms with E-state index in [1.807, 2.05) is 0 Å². The van der Waals surface area contributed by atoms with Gasteiger partial charge in [0.05, 0.1) is 36.4 Å². The zero-order chi connectivity index (χ0) is 24.9. The fourth-order valence-corrected chi connectivity index (χ4v) is 14.4. The van der Waals surface area contributed by atoms with E-state index < -0.39 is 15.1 Å². The smallest absolute Gasteiger partial charge is 0.302 e. The minimum absolute atomic E-state index is 0.101. The molecule has 2 unspecified atom stereocenters. The third-order valence-electron chi connectivity index (χ3n) is 8.54. The second-order valence-electron chi connectivity index (χ2n) is 11.3. The molecule has 4 nitrogen and oxygen atoms in total. The number of hydrogen-bond acceptors (Lipinski definition) is 3. The Morgan fingerprint density at radius 1 is 0.735 bits per heavy atom. The minimum atomic E-state index is -3.96. The van der Waals surface area contributed by atoms with Gasteiger partial charge in [0, 0.05) is 7.26 Å². The maximum atomic E-state index is 12.7. The predicted molar refractivity (Wildman–Crippen MR) is 150 cm³/mol. The van der Waals surface area contributed by atoms with Crippen LogP contribution < -0.4 is 0 Å². The lowest BCUT2D eigenvalue weighted by atomic mass is 9.84. The lowest BCUT2D eigenvalue weighted by Gasteiger charge is -2.42. The van der Waals surface area contributed by atoms with E-state index in [-0.39, 0.29) is 12.2 Å². The van der Waals surface area contributed by atoms with Crippen LogP contribution in [0.4, 0.5) is 0 Å². The summed E-state index contributed by atoms with van der Waals surface area (Å²) in [7, 11) is -4.95. The Morgan fingerprint density at radius 2 is 1.21 bits per heavy atom. The summed E-state index contributed by atoms with van der Waals surface area (Å²) in [5, 5.41) is 0. The maximum Gasteiger partial charge on any atom is 0.472 e. The van der Waals surface area contributed by atoms with E-state index in [2.05, 4.69) is 27.7 Å². The molecule has 0 saturated heterocycles. The zero-order valence-electron chi connectivity index (χ0n) is 23.0. The van der Waals surface area contributed by atoms with Gasteiger partial charge in [0.25, 0.3) is 0 Å². The molecule has 6 heteroatoms. The molecule has 2 aliphatic carbocycles. The molecular formula is C28H57O4P2+. The van der Waals surface area contributed by atoms with Gasteiger partial charge in [0.1, 0.15) is 0 Å².